The highest BCUT2D eigenvalue weighted by atomic mass is 16.6. The van der Waals surface area contributed by atoms with Gasteiger partial charge in [-0.05, 0) is 18.8 Å². The zero-order valence-corrected chi connectivity index (χ0v) is 8.88. The van der Waals surface area contributed by atoms with Crippen LogP contribution in [-0.4, -0.2) is 23.9 Å². The fourth-order valence-corrected chi connectivity index (χ4v) is 3.01. The Kier molecular flexibility index (Phi) is 2.08. The van der Waals surface area contributed by atoms with E-state index in [9.17, 15) is 19.2 Å². The number of hydrogen-bond donors (Lipinski definition) is 0. The van der Waals surface area contributed by atoms with E-state index < -0.39 is 41.6 Å². The molecule has 3 fully saturated rings. The quantitative estimate of drug-likeness (QED) is 0.429. The molecule has 3 rings (SSSR count). The Morgan fingerprint density at radius 1 is 0.765 bits per heavy atom. The van der Waals surface area contributed by atoms with Crippen molar-refractivity contribution in [3.05, 3.63) is 0 Å². The number of carbonyl (C=O) groups is 4. The average molecular weight is 238 g/mol. The normalized spacial score (nSPS) is 40.5. The van der Waals surface area contributed by atoms with Crippen LogP contribution >= 0.6 is 0 Å². The van der Waals surface area contributed by atoms with Gasteiger partial charge >= 0.3 is 23.9 Å². The van der Waals surface area contributed by atoms with Crippen molar-refractivity contribution in [1.29, 1.82) is 0 Å². The van der Waals surface area contributed by atoms with Crippen LogP contribution in [0.3, 0.4) is 0 Å². The predicted octanol–water partition coefficient (Wildman–Crippen LogP) is -0.198. The molecule has 2 aliphatic heterocycles. The van der Waals surface area contributed by atoms with Gasteiger partial charge in [0, 0.05) is 6.42 Å². The van der Waals surface area contributed by atoms with Crippen molar-refractivity contribution >= 4 is 23.9 Å². The molecule has 90 valence electrons. The van der Waals surface area contributed by atoms with Crippen LogP contribution in [0.5, 0.6) is 0 Å². The highest BCUT2D eigenvalue weighted by Crippen LogP contribution is 2.45. The van der Waals surface area contributed by atoms with Gasteiger partial charge in [-0.25, -0.2) is 0 Å². The van der Waals surface area contributed by atoms with Gasteiger partial charge in [0.1, 0.15) is 0 Å². The van der Waals surface area contributed by atoms with Gasteiger partial charge in [-0.15, -0.1) is 0 Å². The van der Waals surface area contributed by atoms with Gasteiger partial charge in [0.15, 0.2) is 0 Å². The summed E-state index contributed by atoms with van der Waals surface area (Å²) in [7, 11) is 0. The first-order valence-corrected chi connectivity index (χ1v) is 5.56. The first-order valence-electron chi connectivity index (χ1n) is 5.56. The number of hydrogen-bond acceptors (Lipinski definition) is 6. The molecule has 0 aromatic rings. The van der Waals surface area contributed by atoms with Crippen LogP contribution in [0.1, 0.15) is 19.3 Å². The van der Waals surface area contributed by atoms with E-state index in [-0.39, 0.29) is 18.8 Å². The second kappa shape index (κ2) is 3.38. The van der Waals surface area contributed by atoms with E-state index in [0.717, 1.165) is 0 Å². The number of fused-ring (bicyclic) bond motifs is 2. The maximum Gasteiger partial charge on any atom is 0.317 e. The maximum absolute atomic E-state index is 11.5. The van der Waals surface area contributed by atoms with Gasteiger partial charge in [0.2, 0.25) is 0 Å². The minimum atomic E-state index is -0.572. The topological polar surface area (TPSA) is 86.7 Å². The summed E-state index contributed by atoms with van der Waals surface area (Å²) in [6.07, 6.45) is 0.758. The molecule has 4 atom stereocenters. The molecule has 0 N–H and O–H groups in total. The first-order chi connectivity index (χ1) is 8.06. The maximum atomic E-state index is 11.5. The smallest absolute Gasteiger partial charge is 0.317 e. The molecule has 0 bridgehead atoms. The van der Waals surface area contributed by atoms with Crippen molar-refractivity contribution in [2.45, 2.75) is 19.3 Å². The SMILES string of the molecule is O=C1CC2CC3C(=O)OC(=O)C3CC2C(=O)O1. The number of esters is 4. The summed E-state index contributed by atoms with van der Waals surface area (Å²) in [6.45, 7) is 0. The molecular weight excluding hydrogens is 228 g/mol. The van der Waals surface area contributed by atoms with Crippen molar-refractivity contribution in [3.8, 4) is 0 Å². The largest absolute Gasteiger partial charge is 0.393 e. The van der Waals surface area contributed by atoms with Crippen molar-refractivity contribution in [1.82, 2.24) is 0 Å². The van der Waals surface area contributed by atoms with Gasteiger partial charge in [0.25, 0.3) is 0 Å². The molecule has 0 amide bonds. The number of carbonyl (C=O) groups excluding carboxylic acids is 4. The summed E-state index contributed by atoms with van der Waals surface area (Å²) in [5.74, 6) is -3.86. The lowest BCUT2D eigenvalue weighted by Gasteiger charge is -2.36. The third-order valence-electron chi connectivity index (χ3n) is 3.87. The Balaban J connectivity index is 1.87. The van der Waals surface area contributed by atoms with Gasteiger partial charge in [-0.3, -0.25) is 19.2 Å². The zero-order chi connectivity index (χ0) is 12.2. The summed E-state index contributed by atoms with van der Waals surface area (Å²) in [5.41, 5.74) is 0. The Labute approximate surface area is 96.2 Å². The van der Waals surface area contributed by atoms with E-state index >= 15 is 0 Å². The average Bonchev–Trinajstić information content (AvgIpc) is 2.52. The van der Waals surface area contributed by atoms with Crippen molar-refractivity contribution in [2.24, 2.45) is 23.7 Å². The van der Waals surface area contributed by atoms with Gasteiger partial charge in [-0.1, -0.05) is 0 Å². The molecule has 2 heterocycles. The van der Waals surface area contributed by atoms with E-state index in [1.807, 2.05) is 0 Å². The fourth-order valence-electron chi connectivity index (χ4n) is 3.01. The van der Waals surface area contributed by atoms with Gasteiger partial charge in [0.05, 0.1) is 17.8 Å². The molecule has 0 aromatic carbocycles. The molecule has 0 radical (unpaired) electrons. The first kappa shape index (κ1) is 10.4. The molecular formula is C11H10O6. The molecule has 3 aliphatic rings. The standard InChI is InChI=1S/C11H10O6/c12-8-2-4-1-6-7(11(15)17-10(6)14)3-5(4)9(13)16-8/h4-7H,1-3H2. The zero-order valence-electron chi connectivity index (χ0n) is 8.88. The number of cyclic esters (lactones) is 4. The molecule has 6 heteroatoms. The number of ether oxygens (including phenoxy) is 2. The van der Waals surface area contributed by atoms with E-state index in [2.05, 4.69) is 9.47 Å². The molecule has 1 aliphatic carbocycles. The highest BCUT2D eigenvalue weighted by molar-refractivity contribution is 5.98. The Hall–Kier alpha value is -1.72. The minimum Gasteiger partial charge on any atom is -0.393 e. The molecule has 0 aromatic heterocycles. The van der Waals surface area contributed by atoms with Crippen LogP contribution in [0.15, 0.2) is 0 Å². The molecule has 1 saturated carbocycles. The summed E-state index contributed by atoms with van der Waals surface area (Å²) in [4.78, 5) is 45.5. The van der Waals surface area contributed by atoms with E-state index in [4.69, 9.17) is 0 Å². The summed E-state index contributed by atoms with van der Waals surface area (Å²) >= 11 is 0. The highest BCUT2D eigenvalue weighted by Gasteiger charge is 2.54. The molecule has 0 spiro atoms. The number of rotatable bonds is 0. The van der Waals surface area contributed by atoms with Crippen LogP contribution in [0.4, 0.5) is 0 Å². The molecule has 17 heavy (non-hydrogen) atoms. The Morgan fingerprint density at radius 3 is 2.06 bits per heavy atom. The lowest BCUT2D eigenvalue weighted by molar-refractivity contribution is -0.174. The monoisotopic (exact) mass is 238 g/mol. The summed E-state index contributed by atoms with van der Waals surface area (Å²) in [5, 5.41) is 0. The second-order valence-corrected chi connectivity index (χ2v) is 4.79. The molecule has 2 saturated heterocycles. The van der Waals surface area contributed by atoms with E-state index in [0.29, 0.717) is 6.42 Å². The fraction of sp³-hybridized carbons (Fsp3) is 0.636. The van der Waals surface area contributed by atoms with E-state index in [1.165, 1.54) is 0 Å². The summed E-state index contributed by atoms with van der Waals surface area (Å²) in [6, 6.07) is 0. The van der Waals surface area contributed by atoms with Crippen LogP contribution in [-0.2, 0) is 28.7 Å². The van der Waals surface area contributed by atoms with Crippen LogP contribution in [0.2, 0.25) is 0 Å². The van der Waals surface area contributed by atoms with Crippen LogP contribution < -0.4 is 0 Å². The third-order valence-corrected chi connectivity index (χ3v) is 3.87. The van der Waals surface area contributed by atoms with Crippen molar-refractivity contribution in [3.63, 3.8) is 0 Å². The predicted molar refractivity (Wildman–Crippen MR) is 50.0 cm³/mol. The summed E-state index contributed by atoms with van der Waals surface area (Å²) < 4.78 is 9.11. The lowest BCUT2D eigenvalue weighted by Crippen LogP contribution is -2.43. The molecule has 4 unspecified atom stereocenters. The molecule has 6 nitrogen and oxygen atoms in total. The second-order valence-electron chi connectivity index (χ2n) is 4.79. The van der Waals surface area contributed by atoms with Crippen LogP contribution in [0.25, 0.3) is 0 Å². The Bertz CT molecular complexity index is 439. The van der Waals surface area contributed by atoms with Gasteiger partial charge < -0.3 is 9.47 Å². The van der Waals surface area contributed by atoms with Crippen molar-refractivity contribution in [2.75, 3.05) is 0 Å². The van der Waals surface area contributed by atoms with E-state index in [1.54, 1.807) is 0 Å². The third kappa shape index (κ3) is 1.47. The van der Waals surface area contributed by atoms with Crippen molar-refractivity contribution < 1.29 is 28.7 Å². The minimum absolute atomic E-state index is 0.140. The Morgan fingerprint density at radius 2 is 1.35 bits per heavy atom. The van der Waals surface area contributed by atoms with Gasteiger partial charge in [-0.2, -0.15) is 0 Å². The lowest BCUT2D eigenvalue weighted by atomic mass is 9.67. The van der Waals surface area contributed by atoms with Crippen LogP contribution in [0, 0.1) is 23.7 Å².